The number of H-pyrrole nitrogens is 1. The molecule has 7 nitrogen and oxygen atoms in total. The summed E-state index contributed by atoms with van der Waals surface area (Å²) in [6.07, 6.45) is 0.941. The molecule has 0 spiro atoms. The first-order chi connectivity index (χ1) is 15.7. The van der Waals surface area contributed by atoms with Gasteiger partial charge in [0, 0.05) is 24.2 Å². The Balaban J connectivity index is 1.30. The van der Waals surface area contributed by atoms with E-state index in [1.54, 1.807) is 0 Å². The highest BCUT2D eigenvalue weighted by molar-refractivity contribution is 6.30. The zero-order chi connectivity index (χ0) is 23.8. The van der Waals surface area contributed by atoms with Gasteiger partial charge in [-0.1, -0.05) is 18.5 Å². The van der Waals surface area contributed by atoms with E-state index in [0.29, 0.717) is 24.2 Å². The van der Waals surface area contributed by atoms with Crippen LogP contribution in [-0.4, -0.2) is 34.4 Å². The Morgan fingerprint density at radius 1 is 1.21 bits per heavy atom. The lowest BCUT2D eigenvalue weighted by Gasteiger charge is -2.15. The molecule has 33 heavy (non-hydrogen) atoms. The highest BCUT2D eigenvalue weighted by atomic mass is 35.5. The fourth-order valence-corrected chi connectivity index (χ4v) is 3.85. The molecule has 2 atom stereocenters. The van der Waals surface area contributed by atoms with Crippen molar-refractivity contribution >= 4 is 34.4 Å². The molecule has 1 heterocycles. The van der Waals surface area contributed by atoms with Crippen LogP contribution in [0, 0.1) is 22.9 Å². The second-order valence-corrected chi connectivity index (χ2v) is 8.26. The highest BCUT2D eigenvalue weighted by Gasteiger charge is 2.59. The molecule has 2 unspecified atom stereocenters. The molecule has 0 radical (unpaired) electrons. The van der Waals surface area contributed by atoms with Gasteiger partial charge >= 0.3 is 0 Å². The predicted octanol–water partition coefficient (Wildman–Crippen LogP) is 3.61. The van der Waals surface area contributed by atoms with Gasteiger partial charge in [-0.3, -0.25) is 9.59 Å². The Morgan fingerprint density at radius 2 is 1.97 bits per heavy atom. The van der Waals surface area contributed by atoms with Crippen LogP contribution in [0.1, 0.15) is 25.6 Å². The maximum Gasteiger partial charge on any atom is 0.258 e. The van der Waals surface area contributed by atoms with E-state index in [0.717, 1.165) is 18.2 Å². The van der Waals surface area contributed by atoms with Crippen molar-refractivity contribution in [2.75, 3.05) is 6.61 Å². The predicted molar refractivity (Wildman–Crippen MR) is 114 cm³/mol. The second-order valence-electron chi connectivity index (χ2n) is 7.85. The van der Waals surface area contributed by atoms with E-state index in [4.69, 9.17) is 16.3 Å². The van der Waals surface area contributed by atoms with Crippen molar-refractivity contribution in [3.63, 3.8) is 0 Å². The minimum atomic E-state index is -1.00. The number of nitrogens with zero attached hydrogens (tertiary/aromatic N) is 1. The normalized spacial score (nSPS) is 19.4. The van der Waals surface area contributed by atoms with E-state index < -0.39 is 28.8 Å². The summed E-state index contributed by atoms with van der Waals surface area (Å²) in [5, 5.41) is 5.46. The zero-order valence-electron chi connectivity index (χ0n) is 17.5. The zero-order valence-corrected chi connectivity index (χ0v) is 18.2. The van der Waals surface area contributed by atoms with E-state index in [9.17, 15) is 22.8 Å². The number of rotatable bonds is 8. The first kappa shape index (κ1) is 22.9. The Hall–Kier alpha value is -3.27. The maximum atomic E-state index is 13.5. The Bertz CT molecular complexity index is 1200. The van der Waals surface area contributed by atoms with Crippen LogP contribution in [-0.2, 0) is 16.1 Å². The molecule has 2 amide bonds. The Morgan fingerprint density at radius 3 is 2.70 bits per heavy atom. The van der Waals surface area contributed by atoms with Gasteiger partial charge in [0.05, 0.1) is 28.0 Å². The number of aromatic amines is 1. The van der Waals surface area contributed by atoms with Gasteiger partial charge in [0.1, 0.15) is 17.4 Å². The first-order valence-electron chi connectivity index (χ1n) is 10.2. The molecule has 0 saturated heterocycles. The van der Waals surface area contributed by atoms with Crippen LogP contribution in [0.2, 0.25) is 5.02 Å². The van der Waals surface area contributed by atoms with Crippen molar-refractivity contribution < 1.29 is 27.5 Å². The summed E-state index contributed by atoms with van der Waals surface area (Å²) >= 11 is 5.61. The molecule has 174 valence electrons. The minimum absolute atomic E-state index is 0.0322. The number of carbonyl (C=O) groups excluding carboxylic acids is 2. The van der Waals surface area contributed by atoms with Crippen LogP contribution >= 0.6 is 11.6 Å². The highest BCUT2D eigenvalue weighted by Crippen LogP contribution is 2.49. The van der Waals surface area contributed by atoms with Crippen LogP contribution in [0.3, 0.4) is 0 Å². The Labute approximate surface area is 191 Å². The van der Waals surface area contributed by atoms with Crippen LogP contribution < -0.4 is 15.4 Å². The van der Waals surface area contributed by atoms with Gasteiger partial charge in [0.25, 0.3) is 5.91 Å². The molecule has 1 fully saturated rings. The van der Waals surface area contributed by atoms with Crippen molar-refractivity contribution in [2.24, 2.45) is 5.41 Å². The van der Waals surface area contributed by atoms with Gasteiger partial charge < -0.3 is 20.4 Å². The monoisotopic (exact) mass is 480 g/mol. The number of benzene rings is 2. The van der Waals surface area contributed by atoms with Crippen LogP contribution in [0.25, 0.3) is 11.0 Å². The average molecular weight is 481 g/mol. The van der Waals surface area contributed by atoms with Gasteiger partial charge in [-0.05, 0) is 25.0 Å². The molecule has 3 aromatic rings. The summed E-state index contributed by atoms with van der Waals surface area (Å²) in [6.45, 7) is 1.53. The van der Waals surface area contributed by atoms with E-state index in [-0.39, 0.29) is 41.4 Å². The van der Waals surface area contributed by atoms with Gasteiger partial charge in [-0.2, -0.15) is 0 Å². The summed E-state index contributed by atoms with van der Waals surface area (Å²) in [5.41, 5.74) is -0.201. The van der Waals surface area contributed by atoms with E-state index in [2.05, 4.69) is 20.6 Å². The van der Waals surface area contributed by atoms with Crippen molar-refractivity contribution in [3.8, 4) is 5.75 Å². The molecule has 1 aromatic heterocycles. The number of amides is 2. The third kappa shape index (κ3) is 4.75. The number of carbonyl (C=O) groups is 2. The number of ether oxygens (including phenoxy) is 1. The van der Waals surface area contributed by atoms with Crippen LogP contribution in [0.5, 0.6) is 5.75 Å². The standard InChI is InChI=1S/C22H20ClF3N4O3/c1-2-22(8-18(22)30-20(31)10-33-11-3-4-12(23)13(24)5-11)21(32)27-9-19-28-16-6-14(25)15(26)7-17(16)29-19/h3-7,18H,2,8-10H2,1H3,(H,27,32)(H,28,29)(H,30,31). The molecule has 1 aliphatic carbocycles. The molecule has 0 bridgehead atoms. The van der Waals surface area contributed by atoms with Crippen molar-refractivity contribution in [1.82, 2.24) is 20.6 Å². The molecule has 11 heteroatoms. The molecular formula is C22H20ClF3N4O3. The number of hydrogen-bond acceptors (Lipinski definition) is 4. The lowest BCUT2D eigenvalue weighted by molar-refractivity contribution is -0.127. The molecule has 0 aliphatic heterocycles. The van der Waals surface area contributed by atoms with Gasteiger partial charge in [0.15, 0.2) is 18.2 Å². The van der Waals surface area contributed by atoms with Crippen LogP contribution in [0.4, 0.5) is 13.2 Å². The van der Waals surface area contributed by atoms with Crippen molar-refractivity contribution in [2.45, 2.75) is 32.4 Å². The third-order valence-corrected chi connectivity index (χ3v) is 6.05. The number of imidazole rings is 1. The van der Waals surface area contributed by atoms with E-state index in [1.165, 1.54) is 12.1 Å². The van der Waals surface area contributed by atoms with E-state index >= 15 is 0 Å². The largest absolute Gasteiger partial charge is 0.484 e. The fraction of sp³-hybridized carbons (Fsp3) is 0.318. The summed E-state index contributed by atoms with van der Waals surface area (Å²) in [6, 6.07) is 5.46. The quantitative estimate of drug-likeness (QED) is 0.459. The van der Waals surface area contributed by atoms with Gasteiger partial charge in [-0.15, -0.1) is 0 Å². The lowest BCUT2D eigenvalue weighted by Crippen LogP contribution is -2.40. The smallest absolute Gasteiger partial charge is 0.258 e. The van der Waals surface area contributed by atoms with Gasteiger partial charge in [0.2, 0.25) is 5.91 Å². The summed E-state index contributed by atoms with van der Waals surface area (Å²) in [7, 11) is 0. The van der Waals surface area contributed by atoms with E-state index in [1.807, 2.05) is 6.92 Å². The lowest BCUT2D eigenvalue weighted by atomic mass is 10.0. The fourth-order valence-electron chi connectivity index (χ4n) is 3.73. The third-order valence-electron chi connectivity index (χ3n) is 5.74. The summed E-state index contributed by atoms with van der Waals surface area (Å²) in [4.78, 5) is 32.0. The molecular weight excluding hydrogens is 461 g/mol. The summed E-state index contributed by atoms with van der Waals surface area (Å²) < 4.78 is 45.4. The van der Waals surface area contributed by atoms with Crippen molar-refractivity contribution in [1.29, 1.82) is 0 Å². The number of halogens is 4. The average Bonchev–Trinajstić information content (AvgIpc) is 3.35. The number of fused-ring (bicyclic) bond motifs is 1. The molecule has 1 saturated carbocycles. The topological polar surface area (TPSA) is 96.1 Å². The number of aromatic nitrogens is 2. The number of nitrogens with one attached hydrogen (secondary N) is 3. The SMILES string of the molecule is CCC1(C(=O)NCc2nc3cc(F)c(F)cc3[nH]2)CC1NC(=O)COc1ccc(Cl)c(F)c1. The molecule has 1 aliphatic rings. The first-order valence-corrected chi connectivity index (χ1v) is 10.6. The number of hydrogen-bond donors (Lipinski definition) is 3. The molecule has 3 N–H and O–H groups in total. The molecule has 4 rings (SSSR count). The van der Waals surface area contributed by atoms with Crippen molar-refractivity contribution in [3.05, 3.63) is 58.6 Å². The molecule has 2 aromatic carbocycles. The Kier molecular flexibility index (Phi) is 6.20. The summed E-state index contributed by atoms with van der Waals surface area (Å²) in [5.74, 6) is -2.86. The minimum Gasteiger partial charge on any atom is -0.484 e. The maximum absolute atomic E-state index is 13.5. The van der Waals surface area contributed by atoms with Gasteiger partial charge in [-0.25, -0.2) is 18.2 Å². The second kappa shape index (κ2) is 8.93. The van der Waals surface area contributed by atoms with Crippen LogP contribution in [0.15, 0.2) is 30.3 Å².